The van der Waals surface area contributed by atoms with E-state index < -0.39 is 0 Å². The predicted molar refractivity (Wildman–Crippen MR) is 66.8 cm³/mol. The second-order valence-corrected chi connectivity index (χ2v) is 5.94. The molecule has 3 heteroatoms. The van der Waals surface area contributed by atoms with Gasteiger partial charge in [-0.3, -0.25) is 0 Å². The largest absolute Gasteiger partial charge is 0.365 e. The van der Waals surface area contributed by atoms with Gasteiger partial charge < -0.3 is 4.74 Å². The second-order valence-electron chi connectivity index (χ2n) is 3.56. The molecule has 1 aliphatic heterocycles. The van der Waals surface area contributed by atoms with E-state index in [1.165, 1.54) is 39.3 Å². The molecule has 0 aromatic carbocycles. The average molecular weight is 390 g/mol. The molecule has 1 spiro atoms. The molecule has 0 N–H and O–H groups in total. The Kier molecular flexibility index (Phi) is 3.01. The molecule has 0 aromatic heterocycles. The minimum absolute atomic E-state index is 0.162. The smallest absolute Gasteiger partial charge is 0.1000 e. The molecule has 0 bridgehead atoms. The molecular weight excluding hydrogens is 378 g/mol. The molecule has 1 heterocycles. The lowest BCUT2D eigenvalue weighted by Crippen LogP contribution is -2.31. The number of ether oxygens (including phenoxy) is 1. The maximum Gasteiger partial charge on any atom is 0.1000 e. The lowest BCUT2D eigenvalue weighted by molar-refractivity contribution is -0.00387. The Morgan fingerprint density at radius 3 is 2.25 bits per heavy atom. The number of rotatable bonds is 0. The lowest BCUT2D eigenvalue weighted by atomic mass is 9.85. The molecule has 1 saturated carbocycles. The first-order chi connectivity index (χ1) is 5.75. The summed E-state index contributed by atoms with van der Waals surface area (Å²) in [5.74, 6) is 0. The van der Waals surface area contributed by atoms with Crippen LogP contribution in [-0.2, 0) is 4.74 Å². The highest BCUT2D eigenvalue weighted by atomic mass is 127. The molecule has 1 nitrogen and oxygen atoms in total. The van der Waals surface area contributed by atoms with E-state index in [-0.39, 0.29) is 5.60 Å². The van der Waals surface area contributed by atoms with Gasteiger partial charge in [0.2, 0.25) is 0 Å². The van der Waals surface area contributed by atoms with Crippen LogP contribution in [0.5, 0.6) is 0 Å². The molecule has 0 atom stereocenters. The maximum atomic E-state index is 5.92. The van der Waals surface area contributed by atoms with Gasteiger partial charge in [0.05, 0.1) is 12.2 Å². The second kappa shape index (κ2) is 3.73. The zero-order valence-electron chi connectivity index (χ0n) is 6.91. The first-order valence-electron chi connectivity index (χ1n) is 4.43. The third-order valence-corrected chi connectivity index (χ3v) is 6.29. The van der Waals surface area contributed by atoms with Crippen molar-refractivity contribution in [3.63, 3.8) is 0 Å². The molecular formula is C9H12I2O. The van der Waals surface area contributed by atoms with E-state index in [1.54, 1.807) is 0 Å². The van der Waals surface area contributed by atoms with Crippen LogP contribution in [0.2, 0.25) is 0 Å². The summed E-state index contributed by atoms with van der Waals surface area (Å²) in [4.78, 5) is 0. The van der Waals surface area contributed by atoms with Crippen LogP contribution in [0.3, 0.4) is 0 Å². The molecule has 0 aromatic rings. The zero-order chi connectivity index (χ0) is 8.60. The number of halogens is 2. The summed E-state index contributed by atoms with van der Waals surface area (Å²) >= 11 is 4.89. The predicted octanol–water partition coefficient (Wildman–Crippen LogP) is 3.80. The summed E-state index contributed by atoms with van der Waals surface area (Å²) in [6.45, 7) is 0.860. The van der Waals surface area contributed by atoms with Crippen molar-refractivity contribution in [2.45, 2.75) is 37.7 Å². The Balaban J connectivity index is 2.21. The molecule has 12 heavy (non-hydrogen) atoms. The van der Waals surface area contributed by atoms with Gasteiger partial charge in [-0.2, -0.15) is 0 Å². The van der Waals surface area contributed by atoms with Crippen molar-refractivity contribution in [1.29, 1.82) is 0 Å². The Morgan fingerprint density at radius 2 is 1.75 bits per heavy atom. The standard InChI is InChI=1S/C9H12I2O/c10-7-6-12-9(8(7)11)4-2-1-3-5-9/h1-6H2. The molecule has 0 saturated heterocycles. The Morgan fingerprint density at radius 1 is 1.08 bits per heavy atom. The number of hydrogen-bond acceptors (Lipinski definition) is 1. The molecule has 0 unspecified atom stereocenters. The van der Waals surface area contributed by atoms with Gasteiger partial charge >= 0.3 is 0 Å². The van der Waals surface area contributed by atoms with Crippen LogP contribution < -0.4 is 0 Å². The fourth-order valence-electron chi connectivity index (χ4n) is 2.06. The van der Waals surface area contributed by atoms with Gasteiger partial charge in [-0.1, -0.05) is 19.3 Å². The molecule has 2 rings (SSSR count). The third-order valence-electron chi connectivity index (χ3n) is 2.77. The zero-order valence-corrected chi connectivity index (χ0v) is 11.2. The van der Waals surface area contributed by atoms with Gasteiger partial charge in [0.15, 0.2) is 0 Å². The summed E-state index contributed by atoms with van der Waals surface area (Å²) in [7, 11) is 0. The average Bonchev–Trinajstić information content (AvgIpc) is 2.37. The molecule has 1 fully saturated rings. The SMILES string of the molecule is IC1=C(I)C2(CCCCC2)OC1. The highest BCUT2D eigenvalue weighted by Crippen LogP contribution is 2.47. The molecule has 1 aliphatic carbocycles. The fourth-order valence-corrected chi connectivity index (χ4v) is 3.56. The Labute approximate surface area is 101 Å². The van der Waals surface area contributed by atoms with Crippen molar-refractivity contribution >= 4 is 45.2 Å². The summed E-state index contributed by atoms with van der Waals surface area (Å²) in [6, 6.07) is 0. The topological polar surface area (TPSA) is 9.23 Å². The van der Waals surface area contributed by atoms with Crippen LogP contribution in [0.1, 0.15) is 32.1 Å². The van der Waals surface area contributed by atoms with Gasteiger partial charge in [0, 0.05) is 7.16 Å². The third kappa shape index (κ3) is 1.56. The summed E-state index contributed by atoms with van der Waals surface area (Å²) in [5, 5.41) is 0. The van der Waals surface area contributed by atoms with Crippen molar-refractivity contribution in [2.75, 3.05) is 6.61 Å². The van der Waals surface area contributed by atoms with Gasteiger partial charge in [0.25, 0.3) is 0 Å². The van der Waals surface area contributed by atoms with Crippen LogP contribution in [0, 0.1) is 0 Å². The van der Waals surface area contributed by atoms with E-state index in [2.05, 4.69) is 45.2 Å². The molecule has 68 valence electrons. The van der Waals surface area contributed by atoms with Crippen LogP contribution in [0.4, 0.5) is 0 Å². The van der Waals surface area contributed by atoms with Crippen molar-refractivity contribution in [3.8, 4) is 0 Å². The van der Waals surface area contributed by atoms with Crippen molar-refractivity contribution in [2.24, 2.45) is 0 Å². The fraction of sp³-hybridized carbons (Fsp3) is 0.778. The van der Waals surface area contributed by atoms with Crippen LogP contribution >= 0.6 is 45.2 Å². The first kappa shape index (κ1) is 9.71. The molecule has 0 amide bonds. The summed E-state index contributed by atoms with van der Waals surface area (Å²) in [6.07, 6.45) is 6.58. The minimum atomic E-state index is 0.162. The monoisotopic (exact) mass is 390 g/mol. The molecule has 2 aliphatic rings. The first-order valence-corrected chi connectivity index (χ1v) is 6.59. The summed E-state index contributed by atoms with van der Waals surface area (Å²) < 4.78 is 8.83. The van der Waals surface area contributed by atoms with Crippen LogP contribution in [-0.4, -0.2) is 12.2 Å². The molecule has 0 radical (unpaired) electrons. The van der Waals surface area contributed by atoms with E-state index in [0.717, 1.165) is 6.61 Å². The highest BCUT2D eigenvalue weighted by molar-refractivity contribution is 14.1. The van der Waals surface area contributed by atoms with E-state index >= 15 is 0 Å². The van der Waals surface area contributed by atoms with Crippen LogP contribution in [0.25, 0.3) is 0 Å². The van der Waals surface area contributed by atoms with E-state index in [9.17, 15) is 0 Å². The van der Waals surface area contributed by atoms with E-state index in [4.69, 9.17) is 4.74 Å². The van der Waals surface area contributed by atoms with E-state index in [1.807, 2.05) is 0 Å². The maximum absolute atomic E-state index is 5.92. The van der Waals surface area contributed by atoms with E-state index in [0.29, 0.717) is 0 Å². The Hall–Kier alpha value is 1.16. The van der Waals surface area contributed by atoms with Gasteiger partial charge in [-0.15, -0.1) is 0 Å². The number of hydrogen-bond donors (Lipinski definition) is 0. The van der Waals surface area contributed by atoms with Crippen molar-refractivity contribution in [3.05, 3.63) is 7.16 Å². The van der Waals surface area contributed by atoms with Crippen LogP contribution in [0.15, 0.2) is 7.16 Å². The van der Waals surface area contributed by atoms with Crippen molar-refractivity contribution in [1.82, 2.24) is 0 Å². The van der Waals surface area contributed by atoms with Crippen molar-refractivity contribution < 1.29 is 4.74 Å². The Bertz CT molecular complexity index is 217. The summed E-state index contributed by atoms with van der Waals surface area (Å²) in [5.41, 5.74) is 0.162. The normalized spacial score (nSPS) is 28.5. The lowest BCUT2D eigenvalue weighted by Gasteiger charge is -2.33. The van der Waals surface area contributed by atoms with Gasteiger partial charge in [0.1, 0.15) is 0 Å². The van der Waals surface area contributed by atoms with Gasteiger partial charge in [-0.25, -0.2) is 0 Å². The van der Waals surface area contributed by atoms with Gasteiger partial charge in [-0.05, 0) is 58.0 Å². The highest BCUT2D eigenvalue weighted by Gasteiger charge is 2.40. The minimum Gasteiger partial charge on any atom is -0.365 e. The quantitative estimate of drug-likeness (QED) is 0.572.